The zero-order valence-electron chi connectivity index (χ0n) is 19.1. The first-order valence-electron chi connectivity index (χ1n) is 10.7. The van der Waals surface area contributed by atoms with Crippen molar-refractivity contribution >= 4 is 35.1 Å². The summed E-state index contributed by atoms with van der Waals surface area (Å²) < 4.78 is 33.3. The Hall–Kier alpha value is -4.11. The van der Waals surface area contributed by atoms with Crippen LogP contribution in [0.2, 0.25) is 5.02 Å². The number of aryl methyl sites for hydroxylation is 1. The number of halogens is 3. The first-order valence-corrected chi connectivity index (χ1v) is 11.1. The van der Waals surface area contributed by atoms with Gasteiger partial charge in [0.25, 0.3) is 5.92 Å². The second-order valence-corrected chi connectivity index (χ2v) is 8.80. The van der Waals surface area contributed by atoms with E-state index in [1.54, 1.807) is 44.3 Å². The van der Waals surface area contributed by atoms with Crippen LogP contribution >= 0.6 is 11.6 Å². The van der Waals surface area contributed by atoms with Crippen LogP contribution in [-0.4, -0.2) is 37.9 Å². The zero-order valence-corrected chi connectivity index (χ0v) is 19.9. The number of nitriles is 1. The Morgan fingerprint density at radius 3 is 2.56 bits per heavy atom. The Labute approximate surface area is 209 Å². The van der Waals surface area contributed by atoms with Gasteiger partial charge in [0.1, 0.15) is 11.5 Å². The van der Waals surface area contributed by atoms with Crippen molar-refractivity contribution in [2.24, 2.45) is 12.5 Å². The maximum atomic E-state index is 13.3. The summed E-state index contributed by atoms with van der Waals surface area (Å²) in [6.45, 7) is 1.68. The summed E-state index contributed by atoms with van der Waals surface area (Å²) in [6.07, 6.45) is -1.76. The highest BCUT2D eigenvalue weighted by atomic mass is 35.5. The first kappa shape index (κ1) is 25.0. The average Bonchev–Trinajstić information content (AvgIpc) is 3.17. The molecule has 0 spiro atoms. The highest BCUT2D eigenvalue weighted by Gasteiger charge is 2.61. The summed E-state index contributed by atoms with van der Waals surface area (Å²) >= 11 is 6.16. The zero-order chi connectivity index (χ0) is 26.1. The summed E-state index contributed by atoms with van der Waals surface area (Å²) in [5.74, 6) is -3.64. The van der Waals surface area contributed by atoms with E-state index in [0.29, 0.717) is 16.3 Å². The predicted octanol–water partition coefficient (Wildman–Crippen LogP) is 4.72. The molecule has 36 heavy (non-hydrogen) atoms. The molecule has 0 unspecified atom stereocenters. The molecule has 4 rings (SSSR count). The highest BCUT2D eigenvalue weighted by molar-refractivity contribution is 6.31. The van der Waals surface area contributed by atoms with Crippen molar-refractivity contribution in [3.05, 3.63) is 53.2 Å². The number of rotatable bonds is 6. The molecule has 186 valence electrons. The monoisotopic (exact) mass is 515 g/mol. The Kier molecular flexibility index (Phi) is 6.60. The third-order valence-electron chi connectivity index (χ3n) is 5.71. The van der Waals surface area contributed by atoms with Gasteiger partial charge >= 0.3 is 6.09 Å². The molecule has 3 aromatic rings. The number of carbonyl (C=O) groups excluding carboxylic acids is 2. The maximum Gasteiger partial charge on any atom is 0.413 e. The van der Waals surface area contributed by atoms with Gasteiger partial charge in [0.05, 0.1) is 23.6 Å². The maximum absolute atomic E-state index is 13.3. The molecule has 2 amide bonds. The normalized spacial score (nSPS) is 16.2. The number of ether oxygens (including phenoxy) is 1. The van der Waals surface area contributed by atoms with Crippen LogP contribution in [0.25, 0.3) is 11.4 Å². The van der Waals surface area contributed by atoms with Crippen molar-refractivity contribution in [1.29, 1.82) is 5.26 Å². The van der Waals surface area contributed by atoms with E-state index in [9.17, 15) is 23.6 Å². The summed E-state index contributed by atoms with van der Waals surface area (Å²) in [5, 5.41) is 22.6. The number of amides is 2. The molecule has 1 saturated carbocycles. The van der Waals surface area contributed by atoms with E-state index in [2.05, 4.69) is 25.9 Å². The van der Waals surface area contributed by atoms with Crippen molar-refractivity contribution in [3.63, 3.8) is 0 Å². The summed E-state index contributed by atoms with van der Waals surface area (Å²) in [4.78, 5) is 29.1. The second kappa shape index (κ2) is 9.50. The first-order chi connectivity index (χ1) is 17.0. The fourth-order valence-electron chi connectivity index (χ4n) is 3.80. The predicted molar refractivity (Wildman–Crippen MR) is 125 cm³/mol. The summed E-state index contributed by atoms with van der Waals surface area (Å²) in [6, 6.07) is 11.6. The van der Waals surface area contributed by atoms with Gasteiger partial charge in [0, 0.05) is 30.5 Å². The average molecular weight is 516 g/mol. The van der Waals surface area contributed by atoms with Crippen molar-refractivity contribution in [1.82, 2.24) is 20.0 Å². The number of nitrogens with one attached hydrogen (secondary N) is 2. The lowest BCUT2D eigenvalue weighted by Crippen LogP contribution is -2.52. The van der Waals surface area contributed by atoms with Crippen LogP contribution in [0.4, 0.5) is 25.1 Å². The molecule has 13 heteroatoms. The van der Waals surface area contributed by atoms with Gasteiger partial charge in [0.2, 0.25) is 5.91 Å². The standard InChI is InChI=1S/C23H20ClF2N7O3/c1-13(15-5-3-4-6-16(15)24)36-21(35)30-19-18(31-32-33(19)2)17-8-7-14(9-28-17)29-20(34)22(12-27)10-23(25,26)11-22/h3-9,13H,10-11H2,1-2H3,(H,29,34)(H,30,35)/t13-/m1/s1. The van der Waals surface area contributed by atoms with E-state index in [1.807, 2.05) is 0 Å². The van der Waals surface area contributed by atoms with Crippen molar-refractivity contribution < 1.29 is 23.1 Å². The molecule has 2 N–H and O–H groups in total. The van der Waals surface area contributed by atoms with Crippen LogP contribution in [0.5, 0.6) is 0 Å². The minimum Gasteiger partial charge on any atom is -0.441 e. The van der Waals surface area contributed by atoms with Gasteiger partial charge in [-0.3, -0.25) is 15.1 Å². The molecule has 0 saturated heterocycles. The van der Waals surface area contributed by atoms with Gasteiger partial charge in [-0.05, 0) is 25.1 Å². The van der Waals surface area contributed by atoms with Crippen LogP contribution in [-0.2, 0) is 16.6 Å². The Morgan fingerprint density at radius 1 is 1.22 bits per heavy atom. The number of nitrogens with zero attached hydrogens (tertiary/aromatic N) is 5. The van der Waals surface area contributed by atoms with Crippen LogP contribution in [0.3, 0.4) is 0 Å². The minimum atomic E-state index is -3.03. The number of alkyl halides is 2. The largest absolute Gasteiger partial charge is 0.441 e. The van der Waals surface area contributed by atoms with Crippen LogP contribution in [0, 0.1) is 16.7 Å². The quantitative estimate of drug-likeness (QED) is 0.485. The van der Waals surface area contributed by atoms with E-state index in [4.69, 9.17) is 16.3 Å². The molecule has 0 radical (unpaired) electrons. The molecule has 2 heterocycles. The molecular formula is C23H20ClF2N7O3. The van der Waals surface area contributed by atoms with Crippen molar-refractivity contribution in [2.75, 3.05) is 10.6 Å². The SMILES string of the molecule is C[C@@H](OC(=O)Nc1c(-c2ccc(NC(=O)C3(C#N)CC(F)(F)C3)cn2)nnn1C)c1ccccc1Cl. The molecule has 1 fully saturated rings. The molecule has 10 nitrogen and oxygen atoms in total. The highest BCUT2D eigenvalue weighted by Crippen LogP contribution is 2.52. The fourth-order valence-corrected chi connectivity index (χ4v) is 4.09. The second-order valence-electron chi connectivity index (χ2n) is 8.39. The van der Waals surface area contributed by atoms with Gasteiger partial charge in [-0.1, -0.05) is 35.0 Å². The topological polar surface area (TPSA) is 135 Å². The van der Waals surface area contributed by atoms with E-state index in [1.165, 1.54) is 23.0 Å². The fraction of sp³-hybridized carbons (Fsp3) is 0.304. The Bertz CT molecular complexity index is 1350. The van der Waals surface area contributed by atoms with Crippen LogP contribution in [0.1, 0.15) is 31.4 Å². The number of aromatic nitrogens is 4. The van der Waals surface area contributed by atoms with Gasteiger partial charge in [0.15, 0.2) is 11.5 Å². The Morgan fingerprint density at radius 2 is 1.94 bits per heavy atom. The van der Waals surface area contributed by atoms with E-state index < -0.39 is 42.3 Å². The number of hydrogen-bond donors (Lipinski definition) is 2. The van der Waals surface area contributed by atoms with Gasteiger partial charge in [-0.2, -0.15) is 5.26 Å². The molecule has 1 aliphatic rings. The molecule has 2 aromatic heterocycles. The van der Waals surface area contributed by atoms with Crippen LogP contribution in [0.15, 0.2) is 42.6 Å². The molecular weight excluding hydrogens is 496 g/mol. The number of pyridine rings is 1. The number of hydrogen-bond acceptors (Lipinski definition) is 7. The molecule has 0 aliphatic heterocycles. The van der Waals surface area contributed by atoms with Gasteiger partial charge in [-0.25, -0.2) is 18.3 Å². The number of carbonyl (C=O) groups is 2. The van der Waals surface area contributed by atoms with Gasteiger partial charge in [-0.15, -0.1) is 5.10 Å². The van der Waals surface area contributed by atoms with Gasteiger partial charge < -0.3 is 10.1 Å². The summed E-state index contributed by atoms with van der Waals surface area (Å²) in [5.41, 5.74) is -0.391. The number of benzene rings is 1. The lowest BCUT2D eigenvalue weighted by Gasteiger charge is -2.40. The van der Waals surface area contributed by atoms with Crippen molar-refractivity contribution in [3.8, 4) is 17.5 Å². The minimum absolute atomic E-state index is 0.204. The Balaban J connectivity index is 1.44. The third kappa shape index (κ3) is 4.96. The summed E-state index contributed by atoms with van der Waals surface area (Å²) in [7, 11) is 1.56. The number of anilines is 2. The van der Waals surface area contributed by atoms with E-state index in [-0.39, 0.29) is 17.2 Å². The lowest BCUT2D eigenvalue weighted by molar-refractivity contribution is -0.160. The molecule has 0 bridgehead atoms. The molecule has 1 atom stereocenters. The van der Waals surface area contributed by atoms with E-state index in [0.717, 1.165) is 0 Å². The molecule has 1 aliphatic carbocycles. The smallest absolute Gasteiger partial charge is 0.413 e. The third-order valence-corrected chi connectivity index (χ3v) is 6.05. The van der Waals surface area contributed by atoms with E-state index >= 15 is 0 Å². The lowest BCUT2D eigenvalue weighted by atomic mass is 9.66. The van der Waals surface area contributed by atoms with Crippen molar-refractivity contribution in [2.45, 2.75) is 31.8 Å². The van der Waals surface area contributed by atoms with Crippen LogP contribution < -0.4 is 10.6 Å². The molecule has 1 aromatic carbocycles.